The quantitative estimate of drug-likeness (QED) is 0.256. The number of ether oxygens (including phenoxy) is 1. The molecule has 7 nitrogen and oxygen atoms in total. The molecule has 2 N–H and O–H groups in total. The number of hydrogen-bond donors (Lipinski definition) is 2. The van der Waals surface area contributed by atoms with E-state index < -0.39 is 21.9 Å². The molecule has 1 aromatic heterocycles. The van der Waals surface area contributed by atoms with Crippen molar-refractivity contribution in [2.45, 2.75) is 39.4 Å². The second kappa shape index (κ2) is 9.78. The van der Waals surface area contributed by atoms with Gasteiger partial charge in [0.1, 0.15) is 18.0 Å². The van der Waals surface area contributed by atoms with Crippen molar-refractivity contribution in [1.82, 2.24) is 14.9 Å². The number of hydrogen-bond acceptors (Lipinski definition) is 6. The van der Waals surface area contributed by atoms with Crippen LogP contribution in [0, 0.1) is 6.92 Å². The standard InChI is InChI=1S/C26H30F5N5O2S/c1-19-16-36(18-33-19)17-21-6-4-5-20(7-8-21)15-24-25(32-13-14-37-24)35-26(2,3)34-22-9-11-23(12-10-22)38-39(27,28,29,30)31/h4,6-12,15-16,18,34H,5,13-14,17H2,1-3H3,(H,32,35)/b24-15-. The summed E-state index contributed by atoms with van der Waals surface area (Å²) < 4.78 is 73.9. The molecular weight excluding hydrogens is 541 g/mol. The molecule has 0 fully saturated rings. The average Bonchev–Trinajstić information content (AvgIpc) is 3.08. The number of benzene rings is 1. The average molecular weight is 572 g/mol. The Morgan fingerprint density at radius 1 is 1.10 bits per heavy atom. The van der Waals surface area contributed by atoms with E-state index in [0.717, 1.165) is 29.0 Å². The van der Waals surface area contributed by atoms with Crippen molar-refractivity contribution in [3.8, 4) is 5.75 Å². The van der Waals surface area contributed by atoms with Gasteiger partial charge in [-0.15, -0.1) is 0 Å². The third-order valence-electron chi connectivity index (χ3n) is 5.49. The molecule has 212 valence electrons. The molecule has 4 rings (SSSR count). The Hall–Kier alpha value is -3.74. The second-order valence-electron chi connectivity index (χ2n) is 9.75. The Kier molecular flexibility index (Phi) is 7.09. The zero-order valence-corrected chi connectivity index (χ0v) is 22.5. The number of rotatable bonds is 8. The summed E-state index contributed by atoms with van der Waals surface area (Å²) in [5, 5.41) is 6.36. The van der Waals surface area contributed by atoms with Crippen LogP contribution in [0.15, 0.2) is 89.1 Å². The molecule has 0 unspecified atom stereocenters. The summed E-state index contributed by atoms with van der Waals surface area (Å²) in [6, 6.07) is 4.08. The first-order chi connectivity index (χ1) is 18.0. The number of aryl methyl sites for hydroxylation is 1. The topological polar surface area (TPSA) is 72.7 Å². The Bertz CT molecular complexity index is 1380. The first-order valence-electron chi connectivity index (χ1n) is 12.1. The predicted molar refractivity (Wildman–Crippen MR) is 144 cm³/mol. The number of halogens is 5. The molecule has 2 heterocycles. The molecule has 0 saturated carbocycles. The zero-order chi connectivity index (χ0) is 28.4. The summed E-state index contributed by atoms with van der Waals surface area (Å²) in [7, 11) is -10.0. The van der Waals surface area contributed by atoms with Crippen LogP contribution >= 0.6 is 10.5 Å². The van der Waals surface area contributed by atoms with E-state index in [0.29, 0.717) is 43.4 Å². The Morgan fingerprint density at radius 2 is 1.85 bits per heavy atom. The predicted octanol–water partition coefficient (Wildman–Crippen LogP) is 7.35. The summed E-state index contributed by atoms with van der Waals surface area (Å²) in [4.78, 5) is 8.80. The van der Waals surface area contributed by atoms with Crippen LogP contribution in [0.1, 0.15) is 26.0 Å². The fraction of sp³-hybridized carbons (Fsp3) is 0.308. The van der Waals surface area contributed by atoms with Crippen LogP contribution in [-0.4, -0.2) is 34.2 Å². The molecule has 1 aliphatic carbocycles. The smallest absolute Gasteiger partial charge is 0.435 e. The lowest BCUT2D eigenvalue weighted by Crippen LogP contribution is -2.51. The van der Waals surface area contributed by atoms with Gasteiger partial charge in [-0.2, -0.15) is 0 Å². The van der Waals surface area contributed by atoms with E-state index in [1.54, 1.807) is 20.2 Å². The normalized spacial score (nSPS) is 19.1. The molecule has 2 aromatic rings. The summed E-state index contributed by atoms with van der Waals surface area (Å²) in [5.74, 6) is 0.0631. The van der Waals surface area contributed by atoms with Crippen LogP contribution in [0.3, 0.4) is 0 Å². The SMILES string of the molecule is Cc1cn(CC2=CC=C(/C=C3\OCCN=C3NC(C)(C)Nc3ccc(OS(F)(F)(F)(F)F)cc3)CC=C2)cn1. The van der Waals surface area contributed by atoms with Gasteiger partial charge in [-0.05, 0) is 68.7 Å². The molecule has 39 heavy (non-hydrogen) atoms. The number of anilines is 1. The number of nitrogens with one attached hydrogen (secondary N) is 2. The molecule has 13 heteroatoms. The van der Waals surface area contributed by atoms with E-state index >= 15 is 0 Å². The van der Waals surface area contributed by atoms with Crippen LogP contribution in [0.25, 0.3) is 0 Å². The highest BCUT2D eigenvalue weighted by Gasteiger charge is 2.67. The van der Waals surface area contributed by atoms with Gasteiger partial charge in [-0.1, -0.05) is 43.7 Å². The van der Waals surface area contributed by atoms with Crippen molar-refractivity contribution < 1.29 is 28.3 Å². The zero-order valence-electron chi connectivity index (χ0n) is 21.6. The molecule has 0 spiro atoms. The van der Waals surface area contributed by atoms with Crippen molar-refractivity contribution in [2.24, 2.45) is 4.99 Å². The first kappa shape index (κ1) is 28.3. The molecule has 0 bridgehead atoms. The fourth-order valence-electron chi connectivity index (χ4n) is 3.97. The van der Waals surface area contributed by atoms with Crippen LogP contribution in [0.2, 0.25) is 0 Å². The van der Waals surface area contributed by atoms with E-state index in [9.17, 15) is 19.4 Å². The summed E-state index contributed by atoms with van der Waals surface area (Å²) >= 11 is 0. The molecule has 2 aliphatic rings. The van der Waals surface area contributed by atoms with Crippen molar-refractivity contribution in [1.29, 1.82) is 0 Å². The lowest BCUT2D eigenvalue weighted by Gasteiger charge is -2.39. The maximum Gasteiger partial charge on any atom is 0.435 e. The number of aliphatic imine (C=N–C) groups is 1. The van der Waals surface area contributed by atoms with Gasteiger partial charge in [-0.25, -0.2) is 4.98 Å². The first-order valence-corrected chi connectivity index (χ1v) is 14.0. The fourth-order valence-corrected chi connectivity index (χ4v) is 4.44. The Labute approximate surface area is 223 Å². The van der Waals surface area contributed by atoms with E-state index in [2.05, 4.69) is 36.9 Å². The monoisotopic (exact) mass is 571 g/mol. The number of aromatic nitrogens is 2. The molecule has 0 saturated heterocycles. The Balaban J connectivity index is 1.43. The van der Waals surface area contributed by atoms with E-state index in [1.165, 1.54) is 12.1 Å². The maximum atomic E-state index is 12.6. The van der Waals surface area contributed by atoms with Gasteiger partial charge in [0.2, 0.25) is 0 Å². The summed E-state index contributed by atoms with van der Waals surface area (Å²) in [6.07, 6.45) is 14.6. The Morgan fingerprint density at radius 3 is 2.51 bits per heavy atom. The minimum absolute atomic E-state index is 0.382. The van der Waals surface area contributed by atoms with Gasteiger partial charge < -0.3 is 24.1 Å². The minimum Gasteiger partial charge on any atom is -0.488 e. The third kappa shape index (κ3) is 9.20. The minimum atomic E-state index is -10.0. The molecule has 0 radical (unpaired) electrons. The van der Waals surface area contributed by atoms with Gasteiger partial charge in [-0.3, -0.25) is 4.99 Å². The maximum absolute atomic E-state index is 12.6. The van der Waals surface area contributed by atoms with Crippen molar-refractivity contribution >= 4 is 22.0 Å². The number of amidine groups is 1. The van der Waals surface area contributed by atoms with Gasteiger partial charge in [0, 0.05) is 18.4 Å². The lowest BCUT2D eigenvalue weighted by molar-refractivity contribution is 0.227. The van der Waals surface area contributed by atoms with Crippen LogP contribution < -0.4 is 14.8 Å². The van der Waals surface area contributed by atoms with E-state index in [-0.39, 0.29) is 0 Å². The lowest BCUT2D eigenvalue weighted by atomic mass is 10.1. The highest BCUT2D eigenvalue weighted by atomic mass is 32.5. The molecule has 1 aromatic carbocycles. The van der Waals surface area contributed by atoms with E-state index in [1.807, 2.05) is 35.9 Å². The van der Waals surface area contributed by atoms with Crippen LogP contribution in [-0.2, 0) is 11.3 Å². The third-order valence-corrected chi connectivity index (χ3v) is 6.00. The number of imidazole rings is 1. The molecule has 0 amide bonds. The highest BCUT2D eigenvalue weighted by molar-refractivity contribution is 8.42. The van der Waals surface area contributed by atoms with Gasteiger partial charge in [0.25, 0.3) is 0 Å². The summed E-state index contributed by atoms with van der Waals surface area (Å²) in [5.41, 5.74) is 2.64. The van der Waals surface area contributed by atoms with E-state index in [4.69, 9.17) is 4.74 Å². The summed E-state index contributed by atoms with van der Waals surface area (Å²) in [6.45, 7) is 7.10. The van der Waals surface area contributed by atoms with Gasteiger partial charge >= 0.3 is 10.5 Å². The van der Waals surface area contributed by atoms with Gasteiger partial charge in [0.05, 0.1) is 18.6 Å². The van der Waals surface area contributed by atoms with Crippen LogP contribution in [0.4, 0.5) is 25.1 Å². The molecule has 1 aliphatic heterocycles. The van der Waals surface area contributed by atoms with Crippen molar-refractivity contribution in [2.75, 3.05) is 18.5 Å². The largest absolute Gasteiger partial charge is 0.488 e. The van der Waals surface area contributed by atoms with Crippen molar-refractivity contribution in [3.63, 3.8) is 0 Å². The highest BCUT2D eigenvalue weighted by Crippen LogP contribution is 2.97. The van der Waals surface area contributed by atoms with Crippen LogP contribution in [0.5, 0.6) is 5.75 Å². The second-order valence-corrected chi connectivity index (χ2v) is 11.7. The molecule has 0 atom stereocenters. The van der Waals surface area contributed by atoms with Crippen molar-refractivity contribution in [3.05, 3.63) is 89.8 Å². The molecular formula is C26H30F5N5O2S. The van der Waals surface area contributed by atoms with Gasteiger partial charge in [0.15, 0.2) is 11.6 Å². The number of allylic oxidation sites excluding steroid dienone is 7. The number of nitrogens with zero attached hydrogens (tertiary/aromatic N) is 3.